The molecule has 1 atom stereocenters. The predicted octanol–water partition coefficient (Wildman–Crippen LogP) is 2.97. The van der Waals surface area contributed by atoms with Gasteiger partial charge in [-0.25, -0.2) is 8.78 Å². The van der Waals surface area contributed by atoms with E-state index in [0.717, 1.165) is 18.2 Å². The van der Waals surface area contributed by atoms with Crippen LogP contribution in [0.25, 0.3) is 11.3 Å². The Balaban J connectivity index is 2.00. The van der Waals surface area contributed by atoms with Crippen LogP contribution in [-0.4, -0.2) is 15.2 Å². The Kier molecular flexibility index (Phi) is 3.62. The van der Waals surface area contributed by atoms with Crippen LogP contribution in [0.2, 0.25) is 0 Å². The molecule has 6 nitrogen and oxygen atoms in total. The molecule has 3 heterocycles. The van der Waals surface area contributed by atoms with E-state index >= 15 is 0 Å². The van der Waals surface area contributed by atoms with Crippen molar-refractivity contribution in [3.05, 3.63) is 76.9 Å². The lowest BCUT2D eigenvalue weighted by atomic mass is 9.83. The van der Waals surface area contributed by atoms with E-state index in [1.165, 1.54) is 0 Å². The molecule has 0 amide bonds. The van der Waals surface area contributed by atoms with Gasteiger partial charge >= 0.3 is 0 Å². The third-order valence-corrected chi connectivity index (χ3v) is 4.16. The van der Waals surface area contributed by atoms with Crippen molar-refractivity contribution in [1.29, 1.82) is 5.26 Å². The first-order valence-electron chi connectivity index (χ1n) is 7.61. The van der Waals surface area contributed by atoms with Crippen LogP contribution in [0.3, 0.4) is 0 Å². The number of benzene rings is 1. The molecule has 0 radical (unpaired) electrons. The highest BCUT2D eigenvalue weighted by Gasteiger charge is 2.37. The second kappa shape index (κ2) is 5.97. The summed E-state index contributed by atoms with van der Waals surface area (Å²) in [5.74, 6) is -2.35. The van der Waals surface area contributed by atoms with Gasteiger partial charge in [0.1, 0.15) is 23.3 Å². The van der Waals surface area contributed by atoms with Gasteiger partial charge in [-0.3, -0.25) is 10.1 Å². The predicted molar refractivity (Wildman–Crippen MR) is 87.5 cm³/mol. The molecule has 0 fully saturated rings. The molecule has 8 heteroatoms. The van der Waals surface area contributed by atoms with E-state index in [0.29, 0.717) is 16.8 Å². The molecule has 128 valence electrons. The fourth-order valence-electron chi connectivity index (χ4n) is 3.02. The normalized spacial score (nSPS) is 16.0. The number of pyridine rings is 1. The van der Waals surface area contributed by atoms with Gasteiger partial charge in [-0.1, -0.05) is 0 Å². The van der Waals surface area contributed by atoms with Crippen molar-refractivity contribution in [3.63, 3.8) is 0 Å². The standard InChI is InChI=1S/C18H11F2N5O/c19-10-3-4-13(20)11(6-10)14-12(7-21)17(22)26-18-15(14)16(24-25-18)9-2-1-5-23-8-9/h1-6,8,14H,22H2,(H,24,25). The van der Waals surface area contributed by atoms with Crippen LogP contribution in [0.15, 0.2) is 54.2 Å². The largest absolute Gasteiger partial charge is 0.420 e. The number of nitrogens with zero attached hydrogens (tertiary/aromatic N) is 3. The Morgan fingerprint density at radius 1 is 1.27 bits per heavy atom. The van der Waals surface area contributed by atoms with Gasteiger partial charge in [0, 0.05) is 23.5 Å². The first-order chi connectivity index (χ1) is 12.6. The molecular weight excluding hydrogens is 340 g/mol. The molecule has 0 spiro atoms. The van der Waals surface area contributed by atoms with Crippen LogP contribution < -0.4 is 10.5 Å². The maximum atomic E-state index is 14.5. The summed E-state index contributed by atoms with van der Waals surface area (Å²) in [5.41, 5.74) is 7.31. The van der Waals surface area contributed by atoms with Crippen molar-refractivity contribution >= 4 is 0 Å². The van der Waals surface area contributed by atoms with Gasteiger partial charge in [-0.05, 0) is 30.3 Å². The quantitative estimate of drug-likeness (QED) is 0.739. The number of allylic oxidation sites excluding steroid dienone is 1. The molecular formula is C18H11F2N5O. The minimum atomic E-state index is -0.964. The summed E-state index contributed by atoms with van der Waals surface area (Å²) in [5, 5.41) is 16.4. The first kappa shape index (κ1) is 15.8. The number of rotatable bonds is 2. The number of hydrogen-bond acceptors (Lipinski definition) is 5. The molecule has 0 saturated carbocycles. The number of fused-ring (bicyclic) bond motifs is 1. The number of ether oxygens (including phenoxy) is 1. The third kappa shape index (κ3) is 2.38. The topological polar surface area (TPSA) is 101 Å². The van der Waals surface area contributed by atoms with Crippen molar-refractivity contribution in [1.82, 2.24) is 15.2 Å². The zero-order chi connectivity index (χ0) is 18.3. The van der Waals surface area contributed by atoms with Crippen LogP contribution in [0.4, 0.5) is 8.78 Å². The van der Waals surface area contributed by atoms with Gasteiger partial charge in [-0.15, -0.1) is 5.10 Å². The van der Waals surface area contributed by atoms with Crippen LogP contribution in [0.1, 0.15) is 17.0 Å². The number of H-pyrrole nitrogens is 1. The van der Waals surface area contributed by atoms with Gasteiger partial charge in [0.15, 0.2) is 0 Å². The number of nitrogens with one attached hydrogen (secondary N) is 1. The van der Waals surface area contributed by atoms with E-state index in [1.807, 2.05) is 6.07 Å². The summed E-state index contributed by atoms with van der Waals surface area (Å²) < 4.78 is 33.7. The Labute approximate surface area is 146 Å². The molecule has 1 aliphatic heterocycles. The van der Waals surface area contributed by atoms with E-state index in [2.05, 4.69) is 15.2 Å². The van der Waals surface area contributed by atoms with Crippen molar-refractivity contribution in [2.45, 2.75) is 5.92 Å². The highest BCUT2D eigenvalue weighted by atomic mass is 19.1. The minimum absolute atomic E-state index is 0.0199. The van der Waals surface area contributed by atoms with Crippen molar-refractivity contribution in [2.24, 2.45) is 5.73 Å². The molecule has 4 rings (SSSR count). The zero-order valence-corrected chi connectivity index (χ0v) is 13.2. The van der Waals surface area contributed by atoms with Crippen LogP contribution >= 0.6 is 0 Å². The first-order valence-corrected chi connectivity index (χ1v) is 7.61. The maximum absolute atomic E-state index is 14.5. The van der Waals surface area contributed by atoms with Crippen LogP contribution in [0, 0.1) is 23.0 Å². The molecule has 3 N–H and O–H groups in total. The number of halogens is 2. The molecule has 0 bridgehead atoms. The van der Waals surface area contributed by atoms with Gasteiger partial charge in [0.25, 0.3) is 0 Å². The summed E-state index contributed by atoms with van der Waals surface area (Å²) in [7, 11) is 0. The molecule has 1 aromatic carbocycles. The lowest BCUT2D eigenvalue weighted by Crippen LogP contribution is -2.21. The fourth-order valence-corrected chi connectivity index (χ4v) is 3.02. The average molecular weight is 351 g/mol. The number of nitriles is 1. The molecule has 26 heavy (non-hydrogen) atoms. The minimum Gasteiger partial charge on any atom is -0.420 e. The molecule has 2 aromatic heterocycles. The van der Waals surface area contributed by atoms with Gasteiger partial charge < -0.3 is 10.5 Å². The third-order valence-electron chi connectivity index (χ3n) is 4.16. The highest BCUT2D eigenvalue weighted by Crippen LogP contribution is 2.46. The summed E-state index contributed by atoms with van der Waals surface area (Å²) in [6.45, 7) is 0. The summed E-state index contributed by atoms with van der Waals surface area (Å²) >= 11 is 0. The van der Waals surface area contributed by atoms with Gasteiger partial charge in [-0.2, -0.15) is 5.26 Å². The second-order valence-corrected chi connectivity index (χ2v) is 5.65. The average Bonchev–Trinajstić information content (AvgIpc) is 3.06. The molecule has 1 unspecified atom stereocenters. The summed E-state index contributed by atoms with van der Waals surface area (Å²) in [4.78, 5) is 4.05. The molecule has 1 aliphatic rings. The monoisotopic (exact) mass is 351 g/mol. The maximum Gasteiger partial charge on any atom is 0.244 e. The Hall–Kier alpha value is -3.73. The van der Waals surface area contributed by atoms with Crippen LogP contribution in [-0.2, 0) is 0 Å². The zero-order valence-electron chi connectivity index (χ0n) is 13.2. The smallest absolute Gasteiger partial charge is 0.244 e. The van der Waals surface area contributed by atoms with Crippen molar-refractivity contribution in [2.75, 3.05) is 0 Å². The van der Waals surface area contributed by atoms with E-state index in [1.54, 1.807) is 24.5 Å². The number of nitrogens with two attached hydrogens (primary N) is 1. The molecule has 0 saturated heterocycles. The highest BCUT2D eigenvalue weighted by molar-refractivity contribution is 5.70. The molecule has 3 aromatic rings. The number of hydrogen-bond donors (Lipinski definition) is 2. The van der Waals surface area contributed by atoms with E-state index in [9.17, 15) is 14.0 Å². The van der Waals surface area contributed by atoms with Crippen LogP contribution in [0.5, 0.6) is 5.88 Å². The van der Waals surface area contributed by atoms with Gasteiger partial charge in [0.2, 0.25) is 11.8 Å². The Bertz CT molecular complexity index is 1070. The summed E-state index contributed by atoms with van der Waals surface area (Å²) in [6, 6.07) is 8.49. The second-order valence-electron chi connectivity index (χ2n) is 5.65. The van der Waals surface area contributed by atoms with Gasteiger partial charge in [0.05, 0.1) is 17.2 Å². The van der Waals surface area contributed by atoms with E-state index in [4.69, 9.17) is 10.5 Å². The fraction of sp³-hybridized carbons (Fsp3) is 0.0556. The lowest BCUT2D eigenvalue weighted by molar-refractivity contribution is 0.378. The van der Waals surface area contributed by atoms with Crippen molar-refractivity contribution in [3.8, 4) is 23.2 Å². The lowest BCUT2D eigenvalue weighted by Gasteiger charge is -2.24. The summed E-state index contributed by atoms with van der Waals surface area (Å²) in [6.07, 6.45) is 3.19. The van der Waals surface area contributed by atoms with E-state index < -0.39 is 17.6 Å². The van der Waals surface area contributed by atoms with E-state index in [-0.39, 0.29) is 22.9 Å². The Morgan fingerprint density at radius 3 is 2.85 bits per heavy atom. The number of aromatic nitrogens is 3. The van der Waals surface area contributed by atoms with Crippen molar-refractivity contribution < 1.29 is 13.5 Å². The number of aromatic amines is 1. The molecule has 0 aliphatic carbocycles. The Morgan fingerprint density at radius 2 is 2.12 bits per heavy atom. The SMILES string of the molecule is N#CC1=C(N)Oc2n[nH]c(-c3cccnc3)c2C1c1cc(F)ccc1F.